The maximum absolute atomic E-state index is 13.7. The summed E-state index contributed by atoms with van der Waals surface area (Å²) in [6, 6.07) is 0. The second-order valence-corrected chi connectivity index (χ2v) is 15.2. The third kappa shape index (κ3) is 3.28. The van der Waals surface area contributed by atoms with Crippen LogP contribution in [0.3, 0.4) is 0 Å². The Morgan fingerprint density at radius 1 is 0.889 bits per heavy atom. The van der Waals surface area contributed by atoms with E-state index in [0.29, 0.717) is 36.1 Å². The lowest BCUT2D eigenvalue weighted by atomic mass is 9.32. The summed E-state index contributed by atoms with van der Waals surface area (Å²) in [5.41, 5.74) is 1.69. The summed E-state index contributed by atoms with van der Waals surface area (Å²) >= 11 is 0. The highest BCUT2D eigenvalue weighted by Crippen LogP contribution is 2.77. The molecule has 204 valence electrons. The number of hydrogen-bond donors (Lipinski definition) is 3. The highest BCUT2D eigenvalue weighted by molar-refractivity contribution is 5.83. The van der Waals surface area contributed by atoms with E-state index >= 15 is 0 Å². The van der Waals surface area contributed by atoms with Crippen LogP contribution >= 0.6 is 0 Å². The largest absolute Gasteiger partial charge is 0.395 e. The van der Waals surface area contributed by atoms with Crippen molar-refractivity contribution in [1.82, 2.24) is 5.32 Å². The Morgan fingerprint density at radius 2 is 1.61 bits per heavy atom. The van der Waals surface area contributed by atoms with Crippen LogP contribution < -0.4 is 5.32 Å². The molecule has 4 heteroatoms. The molecule has 5 rings (SSSR count). The highest BCUT2D eigenvalue weighted by Gasteiger charge is 2.71. The van der Waals surface area contributed by atoms with Crippen molar-refractivity contribution in [2.24, 2.45) is 56.7 Å². The Kier molecular flexibility index (Phi) is 6.36. The number of allylic oxidation sites excluding steroid dienone is 1. The van der Waals surface area contributed by atoms with E-state index in [-0.39, 0.29) is 45.7 Å². The fourth-order valence-corrected chi connectivity index (χ4v) is 11.9. The minimum absolute atomic E-state index is 0.00207. The maximum atomic E-state index is 13.7. The summed E-state index contributed by atoms with van der Waals surface area (Å²) < 4.78 is 0. The Labute approximate surface area is 220 Å². The normalized spacial score (nSPS) is 51.3. The Hall–Kier alpha value is -0.870. The predicted molar refractivity (Wildman–Crippen MR) is 145 cm³/mol. The van der Waals surface area contributed by atoms with Crippen molar-refractivity contribution in [3.05, 3.63) is 12.2 Å². The number of carbonyl (C=O) groups excluding carboxylic acids is 1. The van der Waals surface area contributed by atoms with Crippen molar-refractivity contribution in [2.75, 3.05) is 13.2 Å². The monoisotopic (exact) mass is 499 g/mol. The lowest BCUT2D eigenvalue weighted by Gasteiger charge is -2.72. The van der Waals surface area contributed by atoms with E-state index in [1.807, 2.05) is 0 Å². The molecule has 4 unspecified atom stereocenters. The summed E-state index contributed by atoms with van der Waals surface area (Å²) in [5, 5.41) is 23.5. The number of carbonyl (C=O) groups is 1. The lowest BCUT2D eigenvalue weighted by Crippen LogP contribution is -2.67. The molecule has 0 radical (unpaired) electrons. The Bertz CT molecular complexity index is 913. The van der Waals surface area contributed by atoms with Crippen molar-refractivity contribution < 1.29 is 15.0 Å². The molecule has 0 spiro atoms. The number of amides is 1. The van der Waals surface area contributed by atoms with E-state index in [2.05, 4.69) is 53.4 Å². The molecule has 0 saturated heterocycles. The van der Waals surface area contributed by atoms with Gasteiger partial charge >= 0.3 is 0 Å². The van der Waals surface area contributed by atoms with Gasteiger partial charge in [0.1, 0.15) is 0 Å². The van der Waals surface area contributed by atoms with Crippen molar-refractivity contribution in [3.8, 4) is 0 Å². The van der Waals surface area contributed by atoms with Gasteiger partial charge in [0.15, 0.2) is 0 Å². The zero-order valence-corrected chi connectivity index (χ0v) is 24.0. The molecule has 0 aliphatic heterocycles. The highest BCUT2D eigenvalue weighted by atomic mass is 16.3. The molecule has 36 heavy (non-hydrogen) atoms. The number of rotatable bonds is 4. The third-order valence-corrected chi connectivity index (χ3v) is 13.9. The van der Waals surface area contributed by atoms with Gasteiger partial charge in [0.2, 0.25) is 5.91 Å². The van der Waals surface area contributed by atoms with Crippen LogP contribution in [0.15, 0.2) is 12.2 Å². The van der Waals surface area contributed by atoms with Gasteiger partial charge in [-0.1, -0.05) is 46.8 Å². The van der Waals surface area contributed by atoms with Crippen molar-refractivity contribution >= 4 is 5.91 Å². The number of aliphatic hydroxyl groups is 2. The molecular weight excluding hydrogens is 446 g/mol. The van der Waals surface area contributed by atoms with Gasteiger partial charge in [-0.3, -0.25) is 4.79 Å². The fraction of sp³-hybridized carbons (Fsp3) is 0.906. The van der Waals surface area contributed by atoms with Crippen LogP contribution in [-0.2, 0) is 4.79 Å². The number of nitrogens with one attached hydrogen (secondary N) is 1. The van der Waals surface area contributed by atoms with Gasteiger partial charge in [-0.05, 0) is 122 Å². The molecule has 0 heterocycles. The molecule has 1 amide bonds. The number of hydrogen-bond acceptors (Lipinski definition) is 3. The molecule has 5 aliphatic rings. The first-order chi connectivity index (χ1) is 16.8. The average molecular weight is 500 g/mol. The predicted octanol–water partition coefficient (Wildman–Crippen LogP) is 6.11. The molecule has 0 aromatic heterocycles. The van der Waals surface area contributed by atoms with E-state index in [0.717, 1.165) is 38.5 Å². The van der Waals surface area contributed by atoms with Gasteiger partial charge in [0.25, 0.3) is 0 Å². The number of aliphatic hydroxyl groups excluding tert-OH is 2. The molecule has 5 aliphatic carbocycles. The average Bonchev–Trinajstić information content (AvgIpc) is 3.22. The van der Waals surface area contributed by atoms with E-state index in [9.17, 15) is 15.0 Å². The molecule has 3 N–H and O–H groups in total. The van der Waals surface area contributed by atoms with Gasteiger partial charge in [0.05, 0.1) is 18.1 Å². The van der Waals surface area contributed by atoms with Crippen LogP contribution in [0.2, 0.25) is 0 Å². The second kappa shape index (κ2) is 8.57. The molecule has 0 aromatic carbocycles. The van der Waals surface area contributed by atoms with Gasteiger partial charge in [-0.25, -0.2) is 0 Å². The lowest BCUT2D eigenvalue weighted by molar-refractivity contribution is -0.246. The molecule has 5 fully saturated rings. The quantitative estimate of drug-likeness (QED) is 0.409. The van der Waals surface area contributed by atoms with Gasteiger partial charge in [-0.2, -0.15) is 0 Å². The number of fused-ring (bicyclic) bond motifs is 7. The summed E-state index contributed by atoms with van der Waals surface area (Å²) in [7, 11) is 0. The summed E-state index contributed by atoms with van der Waals surface area (Å²) in [6.45, 7) is 19.5. The zero-order valence-electron chi connectivity index (χ0n) is 24.0. The smallest absolute Gasteiger partial charge is 0.226 e. The van der Waals surface area contributed by atoms with Crippen LogP contribution in [0.5, 0.6) is 0 Å². The van der Waals surface area contributed by atoms with Crippen molar-refractivity contribution in [3.63, 3.8) is 0 Å². The summed E-state index contributed by atoms with van der Waals surface area (Å²) in [5.74, 6) is 2.77. The minimum atomic E-state index is -0.301. The van der Waals surface area contributed by atoms with Crippen molar-refractivity contribution in [1.29, 1.82) is 0 Å². The second-order valence-electron chi connectivity index (χ2n) is 15.2. The SMILES string of the molecule is C=C(C)[C@@H]1CC[C@]2(C(=O)NCCO)CC[C@@]3(C)C(CCC4[C@@]5(C)CC[C@H](O)C(C)(C)C5CC[C@]43C)C12. The third-order valence-electron chi connectivity index (χ3n) is 13.9. The summed E-state index contributed by atoms with van der Waals surface area (Å²) in [4.78, 5) is 13.7. The van der Waals surface area contributed by atoms with E-state index in [1.165, 1.54) is 31.3 Å². The van der Waals surface area contributed by atoms with Gasteiger partial charge < -0.3 is 15.5 Å². The van der Waals surface area contributed by atoms with Gasteiger partial charge in [0, 0.05) is 6.54 Å². The minimum Gasteiger partial charge on any atom is -0.395 e. The summed E-state index contributed by atoms with van der Waals surface area (Å²) in [6.07, 6.45) is 11.0. The molecule has 5 saturated carbocycles. The van der Waals surface area contributed by atoms with Crippen LogP contribution in [0.1, 0.15) is 106 Å². The molecule has 0 aromatic rings. The Balaban J connectivity index is 1.54. The van der Waals surface area contributed by atoms with E-state index in [4.69, 9.17) is 0 Å². The van der Waals surface area contributed by atoms with E-state index in [1.54, 1.807) is 0 Å². The standard InChI is InChI=1S/C32H53NO3/c1-20(2)21-10-15-32(27(36)33-18-19-34)17-16-30(6)22(26(21)32)8-9-24-29(5)13-12-25(35)28(3,4)23(29)11-14-31(24,30)7/h21-26,34-35H,1,8-19H2,2-7H3,(H,33,36)/t21-,22?,23?,24?,25-,26?,29-,30-,31+,32-/m0/s1. The molecule has 10 atom stereocenters. The van der Waals surface area contributed by atoms with Gasteiger partial charge in [-0.15, -0.1) is 0 Å². The molecule has 4 nitrogen and oxygen atoms in total. The van der Waals surface area contributed by atoms with Crippen LogP contribution in [0, 0.1) is 56.7 Å². The van der Waals surface area contributed by atoms with Crippen LogP contribution in [0.4, 0.5) is 0 Å². The van der Waals surface area contributed by atoms with Crippen molar-refractivity contribution in [2.45, 2.75) is 112 Å². The first kappa shape index (κ1) is 26.7. The zero-order chi connectivity index (χ0) is 26.3. The first-order valence-corrected chi connectivity index (χ1v) is 15.0. The van der Waals surface area contributed by atoms with Crippen LogP contribution in [-0.4, -0.2) is 35.4 Å². The van der Waals surface area contributed by atoms with E-state index < -0.39 is 0 Å². The molecule has 0 bridgehead atoms. The molecular formula is C32H53NO3. The first-order valence-electron chi connectivity index (χ1n) is 15.0. The topological polar surface area (TPSA) is 69.6 Å². The Morgan fingerprint density at radius 3 is 2.28 bits per heavy atom. The maximum Gasteiger partial charge on any atom is 0.226 e. The fourth-order valence-electron chi connectivity index (χ4n) is 11.9. The van der Waals surface area contributed by atoms with Crippen LogP contribution in [0.25, 0.3) is 0 Å².